The molecule has 3 aromatic carbocycles. The monoisotopic (exact) mass is 529 g/mol. The zero-order chi connectivity index (χ0) is 27.5. The molecule has 1 aliphatic rings. The summed E-state index contributed by atoms with van der Waals surface area (Å²) >= 11 is 0. The van der Waals surface area contributed by atoms with Crippen molar-refractivity contribution in [2.75, 3.05) is 18.6 Å². The van der Waals surface area contributed by atoms with Gasteiger partial charge < -0.3 is 13.9 Å². The lowest BCUT2D eigenvalue weighted by molar-refractivity contribution is 0.0971. The Balaban J connectivity index is 1.62. The predicted molar refractivity (Wildman–Crippen MR) is 150 cm³/mol. The summed E-state index contributed by atoms with van der Waals surface area (Å²) in [6.07, 6.45) is 5.19. The van der Waals surface area contributed by atoms with E-state index in [2.05, 4.69) is 13.8 Å². The van der Waals surface area contributed by atoms with Crippen LogP contribution in [0.5, 0.6) is 11.5 Å². The molecule has 2 heterocycles. The number of hydrogen-bond donors (Lipinski definition) is 0. The molecule has 202 valence electrons. The third-order valence-electron chi connectivity index (χ3n) is 7.21. The Morgan fingerprint density at radius 1 is 0.923 bits per heavy atom. The first kappa shape index (κ1) is 26.5. The van der Waals surface area contributed by atoms with Crippen molar-refractivity contribution in [3.05, 3.63) is 99.2 Å². The lowest BCUT2D eigenvalue weighted by Crippen LogP contribution is -2.29. The van der Waals surface area contributed by atoms with Gasteiger partial charge in [-0.15, -0.1) is 0 Å². The number of fused-ring (bicyclic) bond motifs is 2. The second-order valence-corrected chi connectivity index (χ2v) is 9.73. The molecule has 1 amide bonds. The van der Waals surface area contributed by atoms with Gasteiger partial charge in [0.1, 0.15) is 11.4 Å². The van der Waals surface area contributed by atoms with Gasteiger partial charge in [-0.3, -0.25) is 14.5 Å². The number of amides is 1. The highest BCUT2D eigenvalue weighted by atomic mass is 19.1. The van der Waals surface area contributed by atoms with Gasteiger partial charge in [0, 0.05) is 5.69 Å². The molecule has 39 heavy (non-hydrogen) atoms. The Hall–Kier alpha value is -4.13. The average molecular weight is 530 g/mol. The van der Waals surface area contributed by atoms with Crippen LogP contribution in [0, 0.1) is 5.82 Å². The van der Waals surface area contributed by atoms with Crippen LogP contribution in [0.1, 0.15) is 72.8 Å². The molecule has 0 saturated heterocycles. The van der Waals surface area contributed by atoms with Gasteiger partial charge >= 0.3 is 0 Å². The molecular weight excluding hydrogens is 497 g/mol. The van der Waals surface area contributed by atoms with Crippen molar-refractivity contribution >= 4 is 22.6 Å². The standard InChI is InChI=1S/C32H32FNO5/c1-4-6-7-8-17-38-26-15-11-21(18-27(26)37-3)29-28-30(35)24-19-22(33)12-16-25(24)39-31(28)32(36)34(29)23-13-9-20(5-2)10-14-23/h9-16,18-19,29H,4-8,17H2,1-3H3. The lowest BCUT2D eigenvalue weighted by Gasteiger charge is -2.26. The minimum atomic E-state index is -0.795. The number of aryl methyl sites for hydroxylation is 1. The minimum absolute atomic E-state index is 0.0427. The highest BCUT2D eigenvalue weighted by molar-refractivity contribution is 6.10. The van der Waals surface area contributed by atoms with E-state index in [0.717, 1.165) is 43.7 Å². The average Bonchev–Trinajstić information content (AvgIpc) is 3.25. The molecule has 0 radical (unpaired) electrons. The predicted octanol–water partition coefficient (Wildman–Crippen LogP) is 7.21. The fourth-order valence-electron chi connectivity index (χ4n) is 5.10. The van der Waals surface area contributed by atoms with E-state index in [9.17, 15) is 14.0 Å². The van der Waals surface area contributed by atoms with Crippen molar-refractivity contribution in [1.29, 1.82) is 0 Å². The van der Waals surface area contributed by atoms with E-state index >= 15 is 0 Å². The number of methoxy groups -OCH3 is 1. The molecule has 0 bridgehead atoms. The fraction of sp³-hybridized carbons (Fsp3) is 0.312. The third-order valence-corrected chi connectivity index (χ3v) is 7.21. The summed E-state index contributed by atoms with van der Waals surface area (Å²) in [5, 5.41) is 0.0914. The number of nitrogens with zero attached hydrogens (tertiary/aromatic N) is 1. The Morgan fingerprint density at radius 3 is 2.44 bits per heavy atom. The Bertz CT molecular complexity index is 1560. The van der Waals surface area contributed by atoms with Crippen LogP contribution in [0.4, 0.5) is 10.1 Å². The number of hydrogen-bond acceptors (Lipinski definition) is 5. The molecule has 1 unspecified atom stereocenters. The summed E-state index contributed by atoms with van der Waals surface area (Å²) in [5.74, 6) is 0.0663. The van der Waals surface area contributed by atoms with E-state index < -0.39 is 23.2 Å². The van der Waals surface area contributed by atoms with Crippen molar-refractivity contribution in [3.63, 3.8) is 0 Å². The lowest BCUT2D eigenvalue weighted by atomic mass is 9.97. The van der Waals surface area contributed by atoms with Crippen molar-refractivity contribution in [1.82, 2.24) is 0 Å². The van der Waals surface area contributed by atoms with Crippen molar-refractivity contribution in [2.45, 2.75) is 52.0 Å². The maximum absolute atomic E-state index is 14.1. The summed E-state index contributed by atoms with van der Waals surface area (Å²) in [5.41, 5.74) is 2.30. The first-order valence-corrected chi connectivity index (χ1v) is 13.5. The highest BCUT2D eigenvalue weighted by Crippen LogP contribution is 2.43. The van der Waals surface area contributed by atoms with Crippen LogP contribution in [0.3, 0.4) is 0 Å². The van der Waals surface area contributed by atoms with Crippen molar-refractivity contribution < 1.29 is 23.1 Å². The van der Waals surface area contributed by atoms with Crippen LogP contribution in [-0.4, -0.2) is 19.6 Å². The molecule has 0 fully saturated rings. The van der Waals surface area contributed by atoms with E-state index in [4.69, 9.17) is 13.9 Å². The molecular formula is C32H32FNO5. The van der Waals surface area contributed by atoms with Gasteiger partial charge in [0.2, 0.25) is 5.76 Å². The van der Waals surface area contributed by atoms with E-state index in [-0.39, 0.29) is 22.3 Å². The third kappa shape index (κ3) is 5.01. The first-order valence-electron chi connectivity index (χ1n) is 13.5. The van der Waals surface area contributed by atoms with Crippen LogP contribution in [0.15, 0.2) is 69.9 Å². The molecule has 0 aliphatic carbocycles. The maximum Gasteiger partial charge on any atom is 0.295 e. The molecule has 0 N–H and O–H groups in total. The number of carbonyl (C=O) groups excluding carboxylic acids is 1. The number of rotatable bonds is 10. The number of anilines is 1. The van der Waals surface area contributed by atoms with Crippen molar-refractivity contribution in [3.8, 4) is 11.5 Å². The topological polar surface area (TPSA) is 69.0 Å². The van der Waals surface area contributed by atoms with Gasteiger partial charge in [0.05, 0.1) is 30.7 Å². The Labute approximate surface area is 227 Å². The first-order chi connectivity index (χ1) is 19.0. The van der Waals surface area contributed by atoms with E-state index in [0.29, 0.717) is 29.4 Å². The zero-order valence-corrected chi connectivity index (χ0v) is 22.5. The van der Waals surface area contributed by atoms with Gasteiger partial charge in [-0.1, -0.05) is 51.3 Å². The van der Waals surface area contributed by atoms with Gasteiger partial charge in [0.15, 0.2) is 16.9 Å². The zero-order valence-electron chi connectivity index (χ0n) is 22.5. The normalized spacial score (nSPS) is 14.6. The Morgan fingerprint density at radius 2 is 1.72 bits per heavy atom. The van der Waals surface area contributed by atoms with Gasteiger partial charge in [-0.25, -0.2) is 4.39 Å². The molecule has 1 aliphatic heterocycles. The van der Waals surface area contributed by atoms with Crippen molar-refractivity contribution in [2.24, 2.45) is 0 Å². The van der Waals surface area contributed by atoms with Crippen LogP contribution < -0.4 is 19.8 Å². The second-order valence-electron chi connectivity index (χ2n) is 9.73. The highest BCUT2D eigenvalue weighted by Gasteiger charge is 2.44. The molecule has 7 heteroatoms. The molecule has 6 nitrogen and oxygen atoms in total. The molecule has 4 aromatic rings. The molecule has 0 spiro atoms. The largest absolute Gasteiger partial charge is 0.493 e. The number of unbranched alkanes of at least 4 members (excludes halogenated alkanes) is 3. The van der Waals surface area contributed by atoms with E-state index in [1.165, 1.54) is 12.1 Å². The fourth-order valence-corrected chi connectivity index (χ4v) is 5.10. The maximum atomic E-state index is 14.1. The van der Waals surface area contributed by atoms with Crippen LogP contribution in [0.2, 0.25) is 0 Å². The number of carbonyl (C=O) groups is 1. The Kier molecular flexibility index (Phi) is 7.68. The second kappa shape index (κ2) is 11.3. The molecule has 0 saturated carbocycles. The smallest absolute Gasteiger partial charge is 0.295 e. The van der Waals surface area contributed by atoms with E-state index in [1.807, 2.05) is 30.3 Å². The summed E-state index contributed by atoms with van der Waals surface area (Å²) in [6.45, 7) is 4.79. The summed E-state index contributed by atoms with van der Waals surface area (Å²) in [6, 6.07) is 16.0. The SMILES string of the molecule is CCCCCCOc1ccc(C2c3c(oc4ccc(F)cc4c3=O)C(=O)N2c2ccc(CC)cc2)cc1OC. The number of benzene rings is 3. The van der Waals surface area contributed by atoms with Crippen LogP contribution in [0.25, 0.3) is 11.0 Å². The van der Waals surface area contributed by atoms with Gasteiger partial charge in [-0.05, 0) is 66.4 Å². The van der Waals surface area contributed by atoms with E-state index in [1.54, 1.807) is 24.1 Å². The number of halogens is 1. The van der Waals surface area contributed by atoms with Crippen LogP contribution >= 0.6 is 0 Å². The summed E-state index contributed by atoms with van der Waals surface area (Å²) in [7, 11) is 1.56. The summed E-state index contributed by atoms with van der Waals surface area (Å²) in [4.78, 5) is 29.1. The molecule has 1 atom stereocenters. The quantitative estimate of drug-likeness (QED) is 0.203. The molecule has 1 aromatic heterocycles. The van der Waals surface area contributed by atoms with Crippen LogP contribution in [-0.2, 0) is 6.42 Å². The number of ether oxygens (including phenoxy) is 2. The minimum Gasteiger partial charge on any atom is -0.493 e. The van der Waals surface area contributed by atoms with Gasteiger partial charge in [-0.2, -0.15) is 0 Å². The molecule has 5 rings (SSSR count). The van der Waals surface area contributed by atoms with Gasteiger partial charge in [0.25, 0.3) is 5.91 Å². The summed E-state index contributed by atoms with van der Waals surface area (Å²) < 4.78 is 31.7.